The number of nitrogens with one attached hydrogen (secondary N) is 2. The van der Waals surface area contributed by atoms with Crippen LogP contribution >= 0.6 is 0 Å². The minimum absolute atomic E-state index is 0.0349. The van der Waals surface area contributed by atoms with E-state index in [-0.39, 0.29) is 11.5 Å². The molecule has 3 aromatic carbocycles. The number of unbranched alkanes of at least 4 members (excludes halogenated alkanes) is 1. The summed E-state index contributed by atoms with van der Waals surface area (Å²) in [5, 5.41) is 13.6. The lowest BCUT2D eigenvalue weighted by atomic mass is 10.1. The highest BCUT2D eigenvalue weighted by atomic mass is 16.1. The monoisotopic (exact) mass is 462 g/mol. The first-order valence-corrected chi connectivity index (χ1v) is 11.5. The molecule has 0 aliphatic rings. The molecule has 0 fully saturated rings. The quantitative estimate of drug-likeness (QED) is 0.246. The normalized spacial score (nSPS) is 10.7. The molecular formula is C28H26N6O. The Balaban J connectivity index is 1.51. The molecule has 4 rings (SSSR count). The van der Waals surface area contributed by atoms with Crippen LogP contribution in [0.25, 0.3) is 11.3 Å². The van der Waals surface area contributed by atoms with Crippen LogP contribution in [0.15, 0.2) is 94.8 Å². The highest BCUT2D eigenvalue weighted by Gasteiger charge is 2.13. The van der Waals surface area contributed by atoms with Gasteiger partial charge in [0.2, 0.25) is 5.95 Å². The van der Waals surface area contributed by atoms with Gasteiger partial charge in [0.15, 0.2) is 0 Å². The highest BCUT2D eigenvalue weighted by molar-refractivity contribution is 5.81. The van der Waals surface area contributed by atoms with Gasteiger partial charge in [0.05, 0.1) is 11.9 Å². The van der Waals surface area contributed by atoms with Crippen molar-refractivity contribution in [2.24, 2.45) is 5.10 Å². The largest absolute Gasteiger partial charge is 0.341 e. The zero-order valence-corrected chi connectivity index (χ0v) is 19.5. The van der Waals surface area contributed by atoms with Crippen LogP contribution in [-0.4, -0.2) is 22.7 Å². The summed E-state index contributed by atoms with van der Waals surface area (Å²) in [5.41, 5.74) is 6.38. The van der Waals surface area contributed by atoms with Gasteiger partial charge in [0.1, 0.15) is 11.6 Å². The van der Waals surface area contributed by atoms with Gasteiger partial charge in [-0.2, -0.15) is 10.4 Å². The Morgan fingerprint density at radius 1 is 1.00 bits per heavy atom. The van der Waals surface area contributed by atoms with Gasteiger partial charge in [0.25, 0.3) is 5.56 Å². The highest BCUT2D eigenvalue weighted by Crippen LogP contribution is 2.26. The molecular weight excluding hydrogens is 436 g/mol. The van der Waals surface area contributed by atoms with Crippen molar-refractivity contribution in [2.75, 3.05) is 16.9 Å². The summed E-state index contributed by atoms with van der Waals surface area (Å²) in [6.07, 6.45) is 3.88. The topological polar surface area (TPSA) is 97.2 Å². The van der Waals surface area contributed by atoms with E-state index >= 15 is 0 Å². The molecule has 2 N–H and O–H groups in total. The van der Waals surface area contributed by atoms with Gasteiger partial charge in [-0.3, -0.25) is 9.78 Å². The second-order valence-electron chi connectivity index (χ2n) is 7.92. The Bertz CT molecular complexity index is 1370. The van der Waals surface area contributed by atoms with E-state index in [1.54, 1.807) is 18.3 Å². The molecule has 1 aromatic heterocycles. The predicted octanol–water partition coefficient (Wildman–Crippen LogP) is 5.69. The van der Waals surface area contributed by atoms with Gasteiger partial charge in [-0.1, -0.05) is 74.0 Å². The van der Waals surface area contributed by atoms with Crippen molar-refractivity contribution in [1.82, 2.24) is 9.97 Å². The van der Waals surface area contributed by atoms with Crippen molar-refractivity contribution in [3.63, 3.8) is 0 Å². The van der Waals surface area contributed by atoms with Crippen LogP contribution in [0.3, 0.4) is 0 Å². The number of nitrogens with zero attached hydrogens (tertiary/aromatic N) is 4. The number of hydrazone groups is 1. The van der Waals surface area contributed by atoms with Crippen molar-refractivity contribution in [3.8, 4) is 17.3 Å². The molecule has 0 atom stereocenters. The SMILES string of the molecule is CCCCN(c1ccccc1)c1ccc(C=NNc2nc(-c3ccccc3)c(C#N)c(=O)[nH]2)cc1. The van der Waals surface area contributed by atoms with E-state index in [2.05, 4.69) is 56.6 Å². The van der Waals surface area contributed by atoms with Crippen LogP contribution in [0.4, 0.5) is 17.3 Å². The van der Waals surface area contributed by atoms with Crippen molar-refractivity contribution in [1.29, 1.82) is 5.26 Å². The summed E-state index contributed by atoms with van der Waals surface area (Å²) in [6.45, 7) is 3.13. The van der Waals surface area contributed by atoms with E-state index in [0.717, 1.165) is 36.3 Å². The number of para-hydroxylation sites is 1. The van der Waals surface area contributed by atoms with Crippen molar-refractivity contribution >= 4 is 23.5 Å². The average molecular weight is 463 g/mol. The van der Waals surface area contributed by atoms with Gasteiger partial charge in [-0.25, -0.2) is 10.4 Å². The summed E-state index contributed by atoms with van der Waals surface area (Å²) in [4.78, 5) is 21.6. The fourth-order valence-electron chi connectivity index (χ4n) is 3.67. The number of anilines is 3. The molecule has 0 amide bonds. The van der Waals surface area contributed by atoms with Gasteiger partial charge >= 0.3 is 0 Å². The molecule has 0 aliphatic heterocycles. The second-order valence-corrected chi connectivity index (χ2v) is 7.92. The third kappa shape index (κ3) is 5.81. The molecule has 0 aliphatic carbocycles. The molecule has 0 saturated heterocycles. The van der Waals surface area contributed by atoms with Crippen LogP contribution in [0.2, 0.25) is 0 Å². The minimum atomic E-state index is -0.517. The number of rotatable bonds is 9. The van der Waals surface area contributed by atoms with E-state index in [0.29, 0.717) is 11.3 Å². The van der Waals surface area contributed by atoms with Crippen LogP contribution in [-0.2, 0) is 0 Å². The summed E-state index contributed by atoms with van der Waals surface area (Å²) < 4.78 is 0. The lowest BCUT2D eigenvalue weighted by Crippen LogP contribution is -2.18. The number of hydrogen-bond acceptors (Lipinski definition) is 6. The number of benzene rings is 3. The molecule has 7 nitrogen and oxygen atoms in total. The number of aromatic amines is 1. The number of H-pyrrole nitrogens is 1. The molecule has 0 bridgehead atoms. The Morgan fingerprint density at radius 2 is 1.66 bits per heavy atom. The molecule has 174 valence electrons. The summed E-state index contributed by atoms with van der Waals surface area (Å²) >= 11 is 0. The smallest absolute Gasteiger partial charge is 0.270 e. The average Bonchev–Trinajstić information content (AvgIpc) is 2.90. The fraction of sp³-hybridized carbons (Fsp3) is 0.143. The van der Waals surface area contributed by atoms with Gasteiger partial charge < -0.3 is 4.90 Å². The first kappa shape index (κ1) is 23.5. The maximum Gasteiger partial charge on any atom is 0.270 e. The van der Waals surface area contributed by atoms with Crippen molar-refractivity contribution < 1.29 is 0 Å². The van der Waals surface area contributed by atoms with E-state index in [9.17, 15) is 10.1 Å². The Labute approximate surface area is 204 Å². The zero-order chi connectivity index (χ0) is 24.5. The molecule has 35 heavy (non-hydrogen) atoms. The molecule has 0 radical (unpaired) electrons. The van der Waals surface area contributed by atoms with Crippen LogP contribution in [0, 0.1) is 11.3 Å². The molecule has 0 unspecified atom stereocenters. The van der Waals surface area contributed by atoms with Gasteiger partial charge in [-0.15, -0.1) is 0 Å². The number of hydrogen-bond donors (Lipinski definition) is 2. The van der Waals surface area contributed by atoms with E-state index in [4.69, 9.17) is 0 Å². The summed E-state index contributed by atoms with van der Waals surface area (Å²) in [7, 11) is 0. The predicted molar refractivity (Wildman–Crippen MR) is 141 cm³/mol. The number of nitriles is 1. The summed E-state index contributed by atoms with van der Waals surface area (Å²) in [6, 6.07) is 29.5. The van der Waals surface area contributed by atoms with Crippen LogP contribution in [0.5, 0.6) is 0 Å². The summed E-state index contributed by atoms with van der Waals surface area (Å²) in [5.74, 6) is 0.163. The first-order valence-electron chi connectivity index (χ1n) is 11.5. The molecule has 1 heterocycles. The van der Waals surface area contributed by atoms with Crippen LogP contribution in [0.1, 0.15) is 30.9 Å². The third-order valence-corrected chi connectivity index (χ3v) is 5.47. The zero-order valence-electron chi connectivity index (χ0n) is 19.5. The van der Waals surface area contributed by atoms with E-state index in [1.807, 2.05) is 54.6 Å². The molecule has 4 aromatic rings. The maximum absolute atomic E-state index is 12.4. The second kappa shape index (κ2) is 11.4. The van der Waals surface area contributed by atoms with Crippen molar-refractivity contribution in [3.05, 3.63) is 106 Å². The van der Waals surface area contributed by atoms with Crippen LogP contribution < -0.4 is 15.9 Å². The Kier molecular flexibility index (Phi) is 7.66. The minimum Gasteiger partial charge on any atom is -0.341 e. The standard InChI is InChI=1S/C28H26N6O/c1-2-3-18-34(23-12-8-5-9-13-23)24-16-14-21(15-17-24)20-30-33-28-31-26(22-10-6-4-7-11-22)25(19-29)27(35)32-28/h4-17,20H,2-3,18H2,1H3,(H2,31,32,33,35). The van der Waals surface area contributed by atoms with E-state index in [1.165, 1.54) is 0 Å². The number of aromatic nitrogens is 2. The first-order chi connectivity index (χ1) is 17.2. The molecule has 0 spiro atoms. The fourth-order valence-corrected chi connectivity index (χ4v) is 3.67. The third-order valence-electron chi connectivity index (χ3n) is 5.47. The van der Waals surface area contributed by atoms with Gasteiger partial charge in [-0.05, 0) is 36.2 Å². The molecule has 0 saturated carbocycles. The van der Waals surface area contributed by atoms with Crippen molar-refractivity contribution in [2.45, 2.75) is 19.8 Å². The lowest BCUT2D eigenvalue weighted by molar-refractivity contribution is 0.786. The molecule has 7 heteroatoms. The van der Waals surface area contributed by atoms with E-state index < -0.39 is 5.56 Å². The Hall–Kier alpha value is -4.70. The Morgan fingerprint density at radius 3 is 2.31 bits per heavy atom. The van der Waals surface area contributed by atoms with Gasteiger partial charge in [0, 0.05) is 23.5 Å². The maximum atomic E-state index is 12.4. The lowest BCUT2D eigenvalue weighted by Gasteiger charge is -2.25.